The van der Waals surface area contributed by atoms with Crippen LogP contribution >= 0.6 is 0 Å². The first-order valence-corrected chi connectivity index (χ1v) is 7.63. The highest BCUT2D eigenvalue weighted by atomic mass is 19.4. The predicted octanol–water partition coefficient (Wildman–Crippen LogP) is 3.00. The van der Waals surface area contributed by atoms with Crippen LogP contribution in [-0.4, -0.2) is 25.4 Å². The number of rotatable bonds is 4. The van der Waals surface area contributed by atoms with Crippen LogP contribution in [0.1, 0.15) is 44.9 Å². The van der Waals surface area contributed by atoms with Crippen molar-refractivity contribution in [3.63, 3.8) is 0 Å². The summed E-state index contributed by atoms with van der Waals surface area (Å²) in [7, 11) is 0. The molecule has 3 unspecified atom stereocenters. The molecule has 20 heavy (non-hydrogen) atoms. The van der Waals surface area contributed by atoms with Gasteiger partial charge in [0.05, 0.1) is 5.92 Å². The molecule has 1 heterocycles. The lowest BCUT2D eigenvalue weighted by molar-refractivity contribution is -0.200. The van der Waals surface area contributed by atoms with Crippen molar-refractivity contribution in [2.75, 3.05) is 13.2 Å². The smallest absolute Gasteiger partial charge is 0.381 e. The summed E-state index contributed by atoms with van der Waals surface area (Å²) in [5, 5.41) is 0. The molecule has 2 fully saturated rings. The molecule has 1 aliphatic carbocycles. The van der Waals surface area contributed by atoms with E-state index >= 15 is 0 Å². The van der Waals surface area contributed by atoms with Gasteiger partial charge in [0.25, 0.3) is 0 Å². The monoisotopic (exact) mass is 294 g/mol. The van der Waals surface area contributed by atoms with Gasteiger partial charge in [0.15, 0.2) is 0 Å². The molecule has 1 aliphatic heterocycles. The van der Waals surface area contributed by atoms with Crippen LogP contribution in [0.3, 0.4) is 0 Å². The molecule has 6 heteroatoms. The Bertz CT molecular complexity index is 293. The molecule has 0 amide bonds. The number of hydrogen-bond acceptors (Lipinski definition) is 3. The van der Waals surface area contributed by atoms with Crippen LogP contribution in [0.4, 0.5) is 13.2 Å². The van der Waals surface area contributed by atoms with Crippen molar-refractivity contribution in [3.8, 4) is 0 Å². The van der Waals surface area contributed by atoms with E-state index in [1.165, 1.54) is 0 Å². The zero-order valence-electron chi connectivity index (χ0n) is 11.8. The molecule has 118 valence electrons. The fourth-order valence-corrected chi connectivity index (χ4v) is 3.76. The van der Waals surface area contributed by atoms with Crippen LogP contribution < -0.4 is 11.3 Å². The Kier molecular flexibility index (Phi) is 5.69. The van der Waals surface area contributed by atoms with Gasteiger partial charge in [-0.25, -0.2) is 0 Å². The third kappa shape index (κ3) is 4.09. The summed E-state index contributed by atoms with van der Waals surface area (Å²) in [5.74, 6) is 4.43. The van der Waals surface area contributed by atoms with E-state index < -0.39 is 12.1 Å². The van der Waals surface area contributed by atoms with Gasteiger partial charge < -0.3 is 4.74 Å². The molecule has 2 rings (SSSR count). The minimum atomic E-state index is -4.10. The Hall–Kier alpha value is -0.330. The van der Waals surface area contributed by atoms with Crippen molar-refractivity contribution in [2.24, 2.45) is 23.6 Å². The maximum absolute atomic E-state index is 13.2. The van der Waals surface area contributed by atoms with Crippen molar-refractivity contribution >= 4 is 0 Å². The lowest BCUT2D eigenvalue weighted by Gasteiger charge is -2.39. The largest absolute Gasteiger partial charge is 0.392 e. The van der Waals surface area contributed by atoms with Crippen molar-refractivity contribution in [1.82, 2.24) is 5.43 Å². The molecule has 3 nitrogen and oxygen atoms in total. The fraction of sp³-hybridized carbons (Fsp3) is 1.00. The quantitative estimate of drug-likeness (QED) is 0.619. The highest BCUT2D eigenvalue weighted by Gasteiger charge is 2.47. The van der Waals surface area contributed by atoms with Gasteiger partial charge in [-0.05, 0) is 43.9 Å². The summed E-state index contributed by atoms with van der Waals surface area (Å²) in [4.78, 5) is 0. The molecule has 0 bridgehead atoms. The minimum Gasteiger partial charge on any atom is -0.381 e. The Morgan fingerprint density at radius 2 is 1.75 bits per heavy atom. The summed E-state index contributed by atoms with van der Waals surface area (Å²) in [6.45, 7) is 1.44. The van der Waals surface area contributed by atoms with E-state index in [1.807, 2.05) is 0 Å². The molecule has 3 atom stereocenters. The SMILES string of the molecule is NNC(CC1CCOCC1)C1CCCCC1C(F)(F)F. The molecule has 0 radical (unpaired) electrons. The Balaban J connectivity index is 1.99. The van der Waals surface area contributed by atoms with Crippen LogP contribution in [0, 0.1) is 17.8 Å². The van der Waals surface area contributed by atoms with Crippen LogP contribution in [0.5, 0.6) is 0 Å². The lowest BCUT2D eigenvalue weighted by Crippen LogP contribution is -2.49. The predicted molar refractivity (Wildman–Crippen MR) is 70.8 cm³/mol. The summed E-state index contributed by atoms with van der Waals surface area (Å²) in [6.07, 6.45) is 0.928. The molecule has 0 aromatic carbocycles. The van der Waals surface area contributed by atoms with E-state index in [9.17, 15) is 13.2 Å². The average Bonchev–Trinajstić information content (AvgIpc) is 2.45. The van der Waals surface area contributed by atoms with Gasteiger partial charge >= 0.3 is 6.18 Å². The first-order valence-electron chi connectivity index (χ1n) is 7.63. The van der Waals surface area contributed by atoms with E-state index in [0.29, 0.717) is 18.8 Å². The Morgan fingerprint density at radius 1 is 1.10 bits per heavy atom. The first-order chi connectivity index (χ1) is 9.52. The van der Waals surface area contributed by atoms with Gasteiger partial charge in [-0.15, -0.1) is 0 Å². The summed E-state index contributed by atoms with van der Waals surface area (Å²) < 4.78 is 44.8. The summed E-state index contributed by atoms with van der Waals surface area (Å²) in [6, 6.07) is -0.231. The van der Waals surface area contributed by atoms with Crippen LogP contribution in [0.15, 0.2) is 0 Å². The number of nitrogens with one attached hydrogen (secondary N) is 1. The number of ether oxygens (including phenoxy) is 1. The van der Waals surface area contributed by atoms with E-state index in [4.69, 9.17) is 10.6 Å². The maximum atomic E-state index is 13.2. The average molecular weight is 294 g/mol. The molecule has 0 spiro atoms. The highest BCUT2D eigenvalue weighted by Crippen LogP contribution is 2.44. The lowest BCUT2D eigenvalue weighted by atomic mass is 9.72. The van der Waals surface area contributed by atoms with Gasteiger partial charge in [-0.3, -0.25) is 11.3 Å². The molecule has 0 aromatic rings. The molecule has 2 aliphatic rings. The zero-order chi connectivity index (χ0) is 14.6. The maximum Gasteiger partial charge on any atom is 0.392 e. The van der Waals surface area contributed by atoms with Crippen LogP contribution in [0.25, 0.3) is 0 Å². The first kappa shape index (κ1) is 16.0. The second kappa shape index (κ2) is 7.09. The third-order valence-corrected chi connectivity index (χ3v) is 4.90. The van der Waals surface area contributed by atoms with Gasteiger partial charge in [0, 0.05) is 19.3 Å². The molecule has 0 aromatic heterocycles. The number of hydrogen-bond donors (Lipinski definition) is 2. The molecule has 1 saturated carbocycles. The van der Waals surface area contributed by atoms with E-state index in [0.717, 1.165) is 38.9 Å². The second-order valence-corrected chi connectivity index (χ2v) is 6.16. The Morgan fingerprint density at radius 3 is 2.35 bits per heavy atom. The second-order valence-electron chi connectivity index (χ2n) is 6.16. The molecule has 3 N–H and O–H groups in total. The fourth-order valence-electron chi connectivity index (χ4n) is 3.76. The van der Waals surface area contributed by atoms with Crippen molar-refractivity contribution in [3.05, 3.63) is 0 Å². The number of halogens is 3. The van der Waals surface area contributed by atoms with Gasteiger partial charge in [0.1, 0.15) is 0 Å². The van der Waals surface area contributed by atoms with Gasteiger partial charge in [0.2, 0.25) is 0 Å². The molecule has 1 saturated heterocycles. The van der Waals surface area contributed by atoms with Crippen LogP contribution in [0.2, 0.25) is 0 Å². The van der Waals surface area contributed by atoms with E-state index in [-0.39, 0.29) is 18.4 Å². The van der Waals surface area contributed by atoms with Crippen molar-refractivity contribution in [2.45, 2.75) is 57.2 Å². The zero-order valence-corrected chi connectivity index (χ0v) is 11.8. The van der Waals surface area contributed by atoms with Crippen LogP contribution in [-0.2, 0) is 4.74 Å². The number of alkyl halides is 3. The standard InChI is InChI=1S/C14H25F3N2O/c15-14(16,17)12-4-2-1-3-11(12)13(19-18)9-10-5-7-20-8-6-10/h10-13,19H,1-9,18H2. The summed E-state index contributed by atoms with van der Waals surface area (Å²) >= 11 is 0. The number of hydrazine groups is 1. The minimum absolute atomic E-state index is 0.231. The van der Waals surface area contributed by atoms with Crippen molar-refractivity contribution in [1.29, 1.82) is 0 Å². The normalized spacial score (nSPS) is 31.2. The van der Waals surface area contributed by atoms with Gasteiger partial charge in [-0.2, -0.15) is 13.2 Å². The molecular weight excluding hydrogens is 269 g/mol. The number of nitrogens with two attached hydrogens (primary N) is 1. The van der Waals surface area contributed by atoms with E-state index in [2.05, 4.69) is 5.43 Å². The van der Waals surface area contributed by atoms with Gasteiger partial charge in [-0.1, -0.05) is 12.8 Å². The summed E-state index contributed by atoms with van der Waals surface area (Å²) in [5.41, 5.74) is 2.68. The molecular formula is C14H25F3N2O. The highest BCUT2D eigenvalue weighted by molar-refractivity contribution is 4.89. The topological polar surface area (TPSA) is 47.3 Å². The van der Waals surface area contributed by atoms with E-state index in [1.54, 1.807) is 0 Å². The van der Waals surface area contributed by atoms with Crippen molar-refractivity contribution < 1.29 is 17.9 Å². The third-order valence-electron chi connectivity index (χ3n) is 4.90. The Labute approximate surface area is 118 Å².